The van der Waals surface area contributed by atoms with E-state index in [0.29, 0.717) is 5.02 Å². The topological polar surface area (TPSA) is 15.3 Å². The van der Waals surface area contributed by atoms with Crippen LogP contribution < -0.4 is 10.2 Å². The Labute approximate surface area is 129 Å². The molecular weight excluding hydrogens is 287 g/mol. The van der Waals surface area contributed by atoms with Crippen LogP contribution in [0.25, 0.3) is 0 Å². The van der Waals surface area contributed by atoms with Gasteiger partial charge in [-0.2, -0.15) is 0 Å². The van der Waals surface area contributed by atoms with Crippen LogP contribution in [0, 0.1) is 5.82 Å². The van der Waals surface area contributed by atoms with Gasteiger partial charge in [0.05, 0.1) is 10.7 Å². The average Bonchev–Trinajstić information content (AvgIpc) is 2.88. The van der Waals surface area contributed by atoms with E-state index in [2.05, 4.69) is 23.2 Å². The zero-order chi connectivity index (χ0) is 14.8. The number of nitrogens with one attached hydrogen (secondary N) is 1. The lowest BCUT2D eigenvalue weighted by molar-refractivity contribution is 0.628. The van der Waals surface area contributed by atoms with Gasteiger partial charge >= 0.3 is 0 Å². The van der Waals surface area contributed by atoms with Gasteiger partial charge in [0.2, 0.25) is 0 Å². The molecule has 4 heteroatoms. The third-order valence-corrected chi connectivity index (χ3v) is 4.13. The first-order chi connectivity index (χ1) is 10.2. The normalized spacial score (nSPS) is 13.6. The standard InChI is InChI=1S/C17H18ClFN2/c1-2-20-11-12-3-6-16(15(18)9-12)21-8-7-13-4-5-14(19)10-17(13)21/h3-6,9-10,20H,2,7-8,11H2,1H3. The number of benzene rings is 2. The van der Waals surface area contributed by atoms with Gasteiger partial charge in [0.25, 0.3) is 0 Å². The van der Waals surface area contributed by atoms with Gasteiger partial charge in [-0.15, -0.1) is 0 Å². The zero-order valence-corrected chi connectivity index (χ0v) is 12.8. The summed E-state index contributed by atoms with van der Waals surface area (Å²) < 4.78 is 13.5. The fraction of sp³-hybridized carbons (Fsp3) is 0.294. The van der Waals surface area contributed by atoms with Crippen molar-refractivity contribution in [1.82, 2.24) is 5.32 Å². The molecule has 0 aromatic heterocycles. The molecule has 2 aromatic rings. The lowest BCUT2D eigenvalue weighted by atomic mass is 10.1. The van der Waals surface area contributed by atoms with Crippen LogP contribution in [0.2, 0.25) is 5.02 Å². The van der Waals surface area contributed by atoms with Gasteiger partial charge in [0.15, 0.2) is 0 Å². The molecule has 1 heterocycles. The maximum Gasteiger partial charge on any atom is 0.125 e. The first kappa shape index (κ1) is 14.4. The second-order valence-corrected chi connectivity index (χ2v) is 5.65. The van der Waals surface area contributed by atoms with Crippen molar-refractivity contribution in [3.05, 3.63) is 58.4 Å². The van der Waals surface area contributed by atoms with E-state index in [0.717, 1.165) is 43.0 Å². The quantitative estimate of drug-likeness (QED) is 0.907. The molecule has 2 aromatic carbocycles. The Bertz CT molecular complexity index is 657. The minimum absolute atomic E-state index is 0.208. The molecule has 0 spiro atoms. The SMILES string of the molecule is CCNCc1ccc(N2CCc3ccc(F)cc32)c(Cl)c1. The molecule has 1 N–H and O–H groups in total. The molecule has 0 saturated heterocycles. The van der Waals surface area contributed by atoms with E-state index in [9.17, 15) is 4.39 Å². The molecule has 1 aliphatic rings. The van der Waals surface area contributed by atoms with E-state index in [-0.39, 0.29) is 5.82 Å². The third-order valence-electron chi connectivity index (χ3n) is 3.82. The maximum absolute atomic E-state index is 13.5. The lowest BCUT2D eigenvalue weighted by Gasteiger charge is -2.21. The first-order valence-corrected chi connectivity index (χ1v) is 7.62. The van der Waals surface area contributed by atoms with E-state index in [1.165, 1.54) is 11.6 Å². The van der Waals surface area contributed by atoms with E-state index in [4.69, 9.17) is 11.6 Å². The molecule has 0 aliphatic carbocycles. The van der Waals surface area contributed by atoms with Crippen molar-refractivity contribution in [2.24, 2.45) is 0 Å². The summed E-state index contributed by atoms with van der Waals surface area (Å²) in [4.78, 5) is 2.10. The van der Waals surface area contributed by atoms with Crippen molar-refractivity contribution < 1.29 is 4.39 Å². The molecule has 0 saturated carbocycles. The number of halogens is 2. The molecule has 0 amide bonds. The lowest BCUT2D eigenvalue weighted by Crippen LogP contribution is -2.15. The summed E-state index contributed by atoms with van der Waals surface area (Å²) in [6.07, 6.45) is 0.922. The van der Waals surface area contributed by atoms with E-state index in [1.54, 1.807) is 6.07 Å². The summed E-state index contributed by atoms with van der Waals surface area (Å²) in [5, 5.41) is 3.99. The second kappa shape index (κ2) is 6.04. The van der Waals surface area contributed by atoms with Crippen LogP contribution in [0.5, 0.6) is 0 Å². The minimum Gasteiger partial charge on any atom is -0.340 e. The average molecular weight is 305 g/mol. The summed E-state index contributed by atoms with van der Waals surface area (Å²) >= 11 is 6.43. The number of rotatable bonds is 4. The van der Waals surface area contributed by atoms with Crippen LogP contribution in [0.3, 0.4) is 0 Å². The van der Waals surface area contributed by atoms with Gasteiger partial charge in [0.1, 0.15) is 5.82 Å². The second-order valence-electron chi connectivity index (χ2n) is 5.24. The Morgan fingerprint density at radius 3 is 2.81 bits per heavy atom. The summed E-state index contributed by atoms with van der Waals surface area (Å²) in [6.45, 7) is 4.65. The molecule has 1 aliphatic heterocycles. The number of hydrogen-bond acceptors (Lipinski definition) is 2. The van der Waals surface area contributed by atoms with Crippen molar-refractivity contribution in [1.29, 1.82) is 0 Å². The fourth-order valence-corrected chi connectivity index (χ4v) is 3.06. The highest BCUT2D eigenvalue weighted by Crippen LogP contribution is 2.38. The molecular formula is C17H18ClFN2. The Hall–Kier alpha value is -1.58. The van der Waals surface area contributed by atoms with Crippen LogP contribution >= 0.6 is 11.6 Å². The van der Waals surface area contributed by atoms with Crippen LogP contribution in [0.1, 0.15) is 18.1 Å². The zero-order valence-electron chi connectivity index (χ0n) is 12.0. The van der Waals surface area contributed by atoms with Crippen molar-refractivity contribution in [3.8, 4) is 0 Å². The van der Waals surface area contributed by atoms with E-state index >= 15 is 0 Å². The molecule has 0 fully saturated rings. The van der Waals surface area contributed by atoms with Crippen molar-refractivity contribution >= 4 is 23.0 Å². The molecule has 110 valence electrons. The summed E-state index contributed by atoms with van der Waals surface area (Å²) in [5.41, 5.74) is 4.20. The fourth-order valence-electron chi connectivity index (χ4n) is 2.75. The Morgan fingerprint density at radius 1 is 1.19 bits per heavy atom. The van der Waals surface area contributed by atoms with Gasteiger partial charge in [-0.1, -0.05) is 30.7 Å². The Morgan fingerprint density at radius 2 is 2.05 bits per heavy atom. The molecule has 0 atom stereocenters. The van der Waals surface area contributed by atoms with Gasteiger partial charge in [-0.05, 0) is 48.4 Å². The van der Waals surface area contributed by atoms with Crippen LogP contribution in [-0.4, -0.2) is 13.1 Å². The van der Waals surface area contributed by atoms with Gasteiger partial charge in [0, 0.05) is 18.8 Å². The summed E-state index contributed by atoms with van der Waals surface area (Å²) in [6, 6.07) is 11.0. The number of anilines is 2. The molecule has 2 nitrogen and oxygen atoms in total. The predicted molar refractivity (Wildman–Crippen MR) is 85.9 cm³/mol. The molecule has 3 rings (SSSR count). The molecule has 0 bridgehead atoms. The van der Waals surface area contributed by atoms with Gasteiger partial charge in [-0.3, -0.25) is 0 Å². The summed E-state index contributed by atoms with van der Waals surface area (Å²) in [7, 11) is 0. The maximum atomic E-state index is 13.5. The van der Waals surface area contributed by atoms with Crippen molar-refractivity contribution in [2.75, 3.05) is 18.0 Å². The molecule has 21 heavy (non-hydrogen) atoms. The number of fused-ring (bicyclic) bond motifs is 1. The number of nitrogens with zero attached hydrogens (tertiary/aromatic N) is 1. The highest BCUT2D eigenvalue weighted by Gasteiger charge is 2.22. The van der Waals surface area contributed by atoms with E-state index < -0.39 is 0 Å². The van der Waals surface area contributed by atoms with E-state index in [1.807, 2.05) is 18.2 Å². The Balaban J connectivity index is 1.91. The monoisotopic (exact) mass is 304 g/mol. The first-order valence-electron chi connectivity index (χ1n) is 7.24. The minimum atomic E-state index is -0.208. The Kier molecular flexibility index (Phi) is 4.13. The van der Waals surface area contributed by atoms with Crippen LogP contribution in [0.15, 0.2) is 36.4 Å². The van der Waals surface area contributed by atoms with Crippen LogP contribution in [0.4, 0.5) is 15.8 Å². The van der Waals surface area contributed by atoms with Gasteiger partial charge < -0.3 is 10.2 Å². The molecule has 0 radical (unpaired) electrons. The predicted octanol–water partition coefficient (Wildman–Crippen LogP) is 4.28. The smallest absolute Gasteiger partial charge is 0.125 e. The van der Waals surface area contributed by atoms with Crippen molar-refractivity contribution in [2.45, 2.75) is 19.9 Å². The highest BCUT2D eigenvalue weighted by molar-refractivity contribution is 6.33. The highest BCUT2D eigenvalue weighted by atomic mass is 35.5. The van der Waals surface area contributed by atoms with Crippen LogP contribution in [-0.2, 0) is 13.0 Å². The number of hydrogen-bond donors (Lipinski definition) is 1. The van der Waals surface area contributed by atoms with Gasteiger partial charge in [-0.25, -0.2) is 4.39 Å². The third kappa shape index (κ3) is 2.89. The summed E-state index contributed by atoms with van der Waals surface area (Å²) in [5.74, 6) is -0.208. The van der Waals surface area contributed by atoms with Crippen molar-refractivity contribution in [3.63, 3.8) is 0 Å². The largest absolute Gasteiger partial charge is 0.340 e. The molecule has 0 unspecified atom stereocenters.